The molecule has 3 rings (SSSR count). The highest BCUT2D eigenvalue weighted by atomic mass is 32.2. The maximum Gasteiger partial charge on any atom is 0.253 e. The predicted octanol–water partition coefficient (Wildman–Crippen LogP) is 2.00. The van der Waals surface area contributed by atoms with Crippen LogP contribution >= 0.6 is 11.3 Å². The highest BCUT2D eigenvalue weighted by molar-refractivity contribution is 7.91. The van der Waals surface area contributed by atoms with Crippen LogP contribution in [0.3, 0.4) is 0 Å². The molecule has 0 saturated carbocycles. The number of benzene rings is 1. The van der Waals surface area contributed by atoms with E-state index in [0.717, 1.165) is 11.1 Å². The molecule has 1 aromatic carbocycles. The number of hydrogen-bond donors (Lipinski definition) is 1. The van der Waals surface area contributed by atoms with Crippen LogP contribution < -0.4 is 5.32 Å². The molecule has 0 radical (unpaired) electrons. The van der Waals surface area contributed by atoms with Gasteiger partial charge in [0, 0.05) is 13.1 Å². The summed E-state index contributed by atoms with van der Waals surface area (Å²) in [4.78, 5) is 12.4. The maximum absolute atomic E-state index is 12.9. The van der Waals surface area contributed by atoms with E-state index in [1.165, 1.54) is 15.6 Å². The van der Waals surface area contributed by atoms with Gasteiger partial charge in [-0.1, -0.05) is 30.3 Å². The number of carbonyl (C=O) groups excluding carboxylic acids is 1. The summed E-state index contributed by atoms with van der Waals surface area (Å²) in [6, 6.07) is 10.2. The number of likely N-dealkylation sites (N-methyl/N-ethyl adjacent to an activating group) is 1. The van der Waals surface area contributed by atoms with Crippen LogP contribution in [0.4, 0.5) is 0 Å². The molecule has 0 unspecified atom stereocenters. The number of nitrogens with one attached hydrogen (secondary N) is 1. The Morgan fingerprint density at radius 1 is 1.26 bits per heavy atom. The second-order valence-electron chi connectivity index (χ2n) is 5.37. The van der Waals surface area contributed by atoms with Crippen LogP contribution in [0.1, 0.15) is 18.1 Å². The van der Waals surface area contributed by atoms with Gasteiger partial charge < -0.3 is 5.32 Å². The third kappa shape index (κ3) is 3.04. The van der Waals surface area contributed by atoms with Crippen LogP contribution in [0.25, 0.3) is 0 Å². The van der Waals surface area contributed by atoms with E-state index in [9.17, 15) is 13.2 Å². The standard InChI is InChI=1S/C16H18N2O3S2/c1-2-17-16(19)14-10-12-6-3-4-7-13(12)11-18(14)23(20,21)15-8-5-9-22-15/h3-9,14H,2,10-11H2,1H3,(H,17,19)/t14-/m0/s1. The summed E-state index contributed by atoms with van der Waals surface area (Å²) in [5.74, 6) is -0.248. The Bertz CT molecular complexity index is 800. The largest absolute Gasteiger partial charge is 0.355 e. The fourth-order valence-electron chi connectivity index (χ4n) is 2.79. The molecule has 5 nitrogen and oxygen atoms in total. The summed E-state index contributed by atoms with van der Waals surface area (Å²) in [6.07, 6.45) is 0.395. The van der Waals surface area contributed by atoms with Gasteiger partial charge in [0.1, 0.15) is 10.3 Å². The van der Waals surface area contributed by atoms with E-state index in [1.807, 2.05) is 31.2 Å². The van der Waals surface area contributed by atoms with Gasteiger partial charge in [-0.3, -0.25) is 4.79 Å². The smallest absolute Gasteiger partial charge is 0.253 e. The minimum Gasteiger partial charge on any atom is -0.355 e. The molecule has 0 bridgehead atoms. The molecule has 122 valence electrons. The van der Waals surface area contributed by atoms with Crippen LogP contribution in [0, 0.1) is 0 Å². The molecule has 0 spiro atoms. The van der Waals surface area contributed by atoms with Crippen molar-refractivity contribution in [3.05, 3.63) is 52.9 Å². The van der Waals surface area contributed by atoms with E-state index in [0.29, 0.717) is 13.0 Å². The normalized spacial score (nSPS) is 18.4. The van der Waals surface area contributed by atoms with Gasteiger partial charge in [-0.05, 0) is 35.9 Å². The molecule has 2 heterocycles. The van der Waals surface area contributed by atoms with Crippen molar-refractivity contribution in [2.45, 2.75) is 30.1 Å². The lowest BCUT2D eigenvalue weighted by atomic mass is 9.95. The SMILES string of the molecule is CCNC(=O)[C@@H]1Cc2ccccc2CN1S(=O)(=O)c1cccs1. The molecule has 1 aliphatic rings. The van der Waals surface area contributed by atoms with Crippen molar-refractivity contribution in [1.29, 1.82) is 0 Å². The van der Waals surface area contributed by atoms with E-state index in [2.05, 4.69) is 5.32 Å². The van der Waals surface area contributed by atoms with Gasteiger partial charge in [0.05, 0.1) is 0 Å². The summed E-state index contributed by atoms with van der Waals surface area (Å²) in [6.45, 7) is 2.52. The molecule has 1 aromatic heterocycles. The van der Waals surface area contributed by atoms with Crippen LogP contribution in [0.15, 0.2) is 46.0 Å². The number of sulfonamides is 1. The molecule has 7 heteroatoms. The number of rotatable bonds is 4. The number of fused-ring (bicyclic) bond motifs is 1. The molecule has 2 aromatic rings. The molecule has 1 atom stereocenters. The van der Waals surface area contributed by atoms with Gasteiger partial charge in [0.15, 0.2) is 0 Å². The first-order valence-corrected chi connectivity index (χ1v) is 9.76. The molecule has 23 heavy (non-hydrogen) atoms. The number of nitrogens with zero attached hydrogens (tertiary/aromatic N) is 1. The highest BCUT2D eigenvalue weighted by Crippen LogP contribution is 2.30. The first-order chi connectivity index (χ1) is 11.0. The number of carbonyl (C=O) groups is 1. The second-order valence-corrected chi connectivity index (χ2v) is 8.43. The molecule has 0 aliphatic carbocycles. The second kappa shape index (κ2) is 6.43. The van der Waals surface area contributed by atoms with E-state index in [4.69, 9.17) is 0 Å². The fourth-order valence-corrected chi connectivity index (χ4v) is 5.48. The summed E-state index contributed by atoms with van der Waals surface area (Å²) in [7, 11) is -3.68. The minimum atomic E-state index is -3.68. The lowest BCUT2D eigenvalue weighted by Crippen LogP contribution is -2.52. The summed E-state index contributed by atoms with van der Waals surface area (Å²) in [5, 5.41) is 4.48. The highest BCUT2D eigenvalue weighted by Gasteiger charge is 2.39. The third-order valence-corrected chi connectivity index (χ3v) is 7.14. The average Bonchev–Trinajstić information content (AvgIpc) is 3.09. The molecule has 0 fully saturated rings. The molecular weight excluding hydrogens is 332 g/mol. The number of thiophene rings is 1. The zero-order chi connectivity index (χ0) is 16.4. The van der Waals surface area contributed by atoms with Gasteiger partial charge in [-0.2, -0.15) is 4.31 Å². The Hall–Kier alpha value is -1.70. The van der Waals surface area contributed by atoms with Gasteiger partial charge in [-0.15, -0.1) is 11.3 Å². The average molecular weight is 350 g/mol. The van der Waals surface area contributed by atoms with Crippen molar-refractivity contribution in [2.75, 3.05) is 6.54 Å². The zero-order valence-electron chi connectivity index (χ0n) is 12.7. The quantitative estimate of drug-likeness (QED) is 0.917. The van der Waals surface area contributed by atoms with Gasteiger partial charge in [-0.25, -0.2) is 8.42 Å². The Balaban J connectivity index is 2.03. The van der Waals surface area contributed by atoms with Crippen LogP contribution in [0.5, 0.6) is 0 Å². The zero-order valence-corrected chi connectivity index (χ0v) is 14.4. The van der Waals surface area contributed by atoms with Gasteiger partial charge in [0.2, 0.25) is 5.91 Å². The fraction of sp³-hybridized carbons (Fsp3) is 0.312. The van der Waals surface area contributed by atoms with Crippen LogP contribution in [-0.2, 0) is 27.8 Å². The van der Waals surface area contributed by atoms with Crippen molar-refractivity contribution in [2.24, 2.45) is 0 Å². The van der Waals surface area contributed by atoms with Crippen molar-refractivity contribution in [3.8, 4) is 0 Å². The molecule has 1 N–H and O–H groups in total. The minimum absolute atomic E-state index is 0.220. The Labute approximate surface area is 140 Å². The third-order valence-electron chi connectivity index (χ3n) is 3.92. The number of hydrogen-bond acceptors (Lipinski definition) is 4. The first kappa shape index (κ1) is 16.2. The van der Waals surface area contributed by atoms with E-state index in [1.54, 1.807) is 17.5 Å². The van der Waals surface area contributed by atoms with Crippen molar-refractivity contribution >= 4 is 27.3 Å². The predicted molar refractivity (Wildman–Crippen MR) is 89.7 cm³/mol. The Morgan fingerprint density at radius 3 is 2.65 bits per heavy atom. The van der Waals surface area contributed by atoms with Crippen LogP contribution in [0.2, 0.25) is 0 Å². The first-order valence-electron chi connectivity index (χ1n) is 7.44. The monoisotopic (exact) mass is 350 g/mol. The van der Waals surface area contributed by atoms with Gasteiger partial charge >= 0.3 is 0 Å². The molecule has 1 amide bonds. The topological polar surface area (TPSA) is 66.5 Å². The Kier molecular flexibility index (Phi) is 4.52. The molecular formula is C16H18N2O3S2. The molecule has 0 saturated heterocycles. The summed E-state index contributed by atoms with van der Waals surface area (Å²) >= 11 is 1.17. The van der Waals surface area contributed by atoms with E-state index in [-0.39, 0.29) is 16.7 Å². The summed E-state index contributed by atoms with van der Waals surface area (Å²) < 4.78 is 27.5. The van der Waals surface area contributed by atoms with E-state index < -0.39 is 16.1 Å². The lowest BCUT2D eigenvalue weighted by Gasteiger charge is -2.34. The van der Waals surface area contributed by atoms with Crippen molar-refractivity contribution < 1.29 is 13.2 Å². The molecule has 1 aliphatic heterocycles. The van der Waals surface area contributed by atoms with E-state index >= 15 is 0 Å². The van der Waals surface area contributed by atoms with Crippen LogP contribution in [-0.4, -0.2) is 31.2 Å². The van der Waals surface area contributed by atoms with Crippen molar-refractivity contribution in [1.82, 2.24) is 9.62 Å². The summed E-state index contributed by atoms with van der Waals surface area (Å²) in [5.41, 5.74) is 1.98. The lowest BCUT2D eigenvalue weighted by molar-refractivity contribution is -0.125. The maximum atomic E-state index is 12.9. The van der Waals surface area contributed by atoms with Gasteiger partial charge in [0.25, 0.3) is 10.0 Å². The number of amides is 1. The van der Waals surface area contributed by atoms with Crippen molar-refractivity contribution in [3.63, 3.8) is 0 Å². The Morgan fingerprint density at radius 2 is 2.00 bits per heavy atom.